The minimum Gasteiger partial charge on any atom is -0.303 e. The van der Waals surface area contributed by atoms with Gasteiger partial charge in [0.15, 0.2) is 0 Å². The van der Waals surface area contributed by atoms with Crippen molar-refractivity contribution in [2.45, 2.75) is 32.6 Å². The van der Waals surface area contributed by atoms with Gasteiger partial charge in [-0.1, -0.05) is 25.2 Å². The molecule has 0 aromatic rings. The van der Waals surface area contributed by atoms with Crippen molar-refractivity contribution in [1.29, 1.82) is 0 Å². The summed E-state index contributed by atoms with van der Waals surface area (Å²) in [5, 5.41) is 0. The smallest absolute Gasteiger partial charge is 0.120 e. The van der Waals surface area contributed by atoms with Crippen LogP contribution < -0.4 is 0 Å². The Morgan fingerprint density at radius 2 is 2.17 bits per heavy atom. The summed E-state index contributed by atoms with van der Waals surface area (Å²) in [4.78, 5) is 10.2. The molecule has 0 saturated carbocycles. The van der Waals surface area contributed by atoms with Gasteiger partial charge in [-0.2, -0.15) is 0 Å². The minimum absolute atomic E-state index is 0.437. The Morgan fingerprint density at radius 1 is 1.42 bits per heavy atom. The maximum absolute atomic E-state index is 10.2. The molecule has 0 rings (SSSR count). The first-order chi connectivity index (χ1) is 5.85. The van der Waals surface area contributed by atoms with E-state index in [9.17, 15) is 4.79 Å². The Hall–Kier alpha value is -0.850. The molecule has 0 aliphatic rings. The molecule has 0 heterocycles. The monoisotopic (exact) mass is 166 g/mol. The van der Waals surface area contributed by atoms with Crippen molar-refractivity contribution in [3.05, 3.63) is 24.8 Å². The van der Waals surface area contributed by atoms with Gasteiger partial charge in [-0.05, 0) is 25.2 Å². The summed E-state index contributed by atoms with van der Waals surface area (Å²) >= 11 is 0. The summed E-state index contributed by atoms with van der Waals surface area (Å²) in [6, 6.07) is 0. The van der Waals surface area contributed by atoms with Gasteiger partial charge in [-0.15, -0.1) is 6.58 Å². The number of carbonyl (C=O) groups is 1. The third-order valence-electron chi connectivity index (χ3n) is 1.87. The number of hydrogen-bond acceptors (Lipinski definition) is 1. The predicted molar refractivity (Wildman–Crippen MR) is 53.0 cm³/mol. The van der Waals surface area contributed by atoms with Crippen molar-refractivity contribution in [3.8, 4) is 0 Å². The van der Waals surface area contributed by atoms with Gasteiger partial charge in [0.25, 0.3) is 0 Å². The van der Waals surface area contributed by atoms with Crippen LogP contribution in [0.15, 0.2) is 24.8 Å². The summed E-state index contributed by atoms with van der Waals surface area (Å²) in [7, 11) is 0. The van der Waals surface area contributed by atoms with Gasteiger partial charge in [-0.25, -0.2) is 0 Å². The Bertz CT molecular complexity index is 147. The first-order valence-corrected chi connectivity index (χ1v) is 4.56. The third kappa shape index (κ3) is 5.90. The highest BCUT2D eigenvalue weighted by atomic mass is 16.1. The van der Waals surface area contributed by atoms with Gasteiger partial charge >= 0.3 is 0 Å². The predicted octanol–water partition coefficient (Wildman–Crippen LogP) is 3.12. The molecule has 0 radical (unpaired) electrons. The second-order valence-electron chi connectivity index (χ2n) is 2.86. The highest BCUT2D eigenvalue weighted by Crippen LogP contribution is 2.08. The van der Waals surface area contributed by atoms with Crippen molar-refractivity contribution in [2.75, 3.05) is 0 Å². The largest absolute Gasteiger partial charge is 0.303 e. The molecule has 0 saturated heterocycles. The molecule has 1 nitrogen and oxygen atoms in total. The molecule has 0 fully saturated rings. The van der Waals surface area contributed by atoms with E-state index in [-0.39, 0.29) is 0 Å². The van der Waals surface area contributed by atoms with Gasteiger partial charge in [-0.3, -0.25) is 0 Å². The van der Waals surface area contributed by atoms with Crippen molar-refractivity contribution in [2.24, 2.45) is 5.92 Å². The van der Waals surface area contributed by atoms with Crippen LogP contribution in [-0.2, 0) is 4.79 Å². The molecular formula is C11H18O. The fraction of sp³-hybridized carbons (Fsp3) is 0.545. The topological polar surface area (TPSA) is 17.1 Å². The van der Waals surface area contributed by atoms with Gasteiger partial charge in [0, 0.05) is 6.42 Å². The summed E-state index contributed by atoms with van der Waals surface area (Å²) in [6.07, 6.45) is 10.9. The lowest BCUT2D eigenvalue weighted by atomic mass is 10.0. The van der Waals surface area contributed by atoms with Crippen LogP contribution in [-0.4, -0.2) is 6.29 Å². The number of rotatable bonds is 7. The van der Waals surface area contributed by atoms with E-state index >= 15 is 0 Å². The second kappa shape index (κ2) is 8.25. The highest BCUT2D eigenvalue weighted by molar-refractivity contribution is 5.50. The molecule has 1 heteroatoms. The first kappa shape index (κ1) is 11.2. The lowest BCUT2D eigenvalue weighted by Gasteiger charge is -2.03. The van der Waals surface area contributed by atoms with E-state index in [4.69, 9.17) is 0 Å². The van der Waals surface area contributed by atoms with Crippen LogP contribution in [0.3, 0.4) is 0 Å². The fourth-order valence-electron chi connectivity index (χ4n) is 1.01. The van der Waals surface area contributed by atoms with Crippen molar-refractivity contribution >= 4 is 6.29 Å². The van der Waals surface area contributed by atoms with Gasteiger partial charge < -0.3 is 4.79 Å². The van der Waals surface area contributed by atoms with Crippen LogP contribution in [0.25, 0.3) is 0 Å². The zero-order valence-corrected chi connectivity index (χ0v) is 7.83. The van der Waals surface area contributed by atoms with E-state index in [0.717, 1.165) is 25.5 Å². The van der Waals surface area contributed by atoms with Gasteiger partial charge in [0.1, 0.15) is 6.29 Å². The first-order valence-electron chi connectivity index (χ1n) is 4.56. The summed E-state index contributed by atoms with van der Waals surface area (Å²) in [5.74, 6) is 0.437. The van der Waals surface area contributed by atoms with Crippen LogP contribution in [0.2, 0.25) is 0 Å². The summed E-state index contributed by atoms with van der Waals surface area (Å²) in [6.45, 7) is 5.75. The second-order valence-corrected chi connectivity index (χ2v) is 2.86. The normalized spacial score (nSPS) is 13.1. The van der Waals surface area contributed by atoms with Crippen molar-refractivity contribution in [3.63, 3.8) is 0 Å². The Balaban J connectivity index is 3.59. The molecule has 0 aliphatic heterocycles. The molecular weight excluding hydrogens is 148 g/mol. The maximum atomic E-state index is 10.2. The van der Waals surface area contributed by atoms with Crippen molar-refractivity contribution < 1.29 is 4.79 Å². The zero-order chi connectivity index (χ0) is 9.23. The molecule has 0 N–H and O–H groups in total. The standard InChI is InChI=1S/C11H18O/c1-3-5-6-7-8-11(4-2)9-10-12/h3,7-8,10-11H,1,4-6,9H2,2H3/b8-7+. The van der Waals surface area contributed by atoms with E-state index in [1.807, 2.05) is 6.08 Å². The van der Waals surface area contributed by atoms with E-state index in [1.54, 1.807) is 0 Å². The molecule has 0 aromatic heterocycles. The lowest BCUT2D eigenvalue weighted by molar-refractivity contribution is -0.108. The average molecular weight is 166 g/mol. The van der Waals surface area contributed by atoms with Crippen LogP contribution >= 0.6 is 0 Å². The summed E-state index contributed by atoms with van der Waals surface area (Å²) in [5.41, 5.74) is 0. The quantitative estimate of drug-likeness (QED) is 0.322. The number of hydrogen-bond donors (Lipinski definition) is 0. The molecule has 0 spiro atoms. The number of aldehydes is 1. The fourth-order valence-corrected chi connectivity index (χ4v) is 1.01. The van der Waals surface area contributed by atoms with E-state index in [1.165, 1.54) is 0 Å². The third-order valence-corrected chi connectivity index (χ3v) is 1.87. The van der Waals surface area contributed by atoms with Crippen LogP contribution in [0.1, 0.15) is 32.6 Å². The van der Waals surface area contributed by atoms with Crippen LogP contribution in [0.5, 0.6) is 0 Å². The molecule has 1 atom stereocenters. The molecule has 12 heavy (non-hydrogen) atoms. The lowest BCUT2D eigenvalue weighted by Crippen LogP contribution is -1.94. The Labute approximate surface area is 75.2 Å². The van der Waals surface area contributed by atoms with Crippen LogP contribution in [0.4, 0.5) is 0 Å². The molecule has 1 unspecified atom stereocenters. The number of allylic oxidation sites excluding steroid dienone is 3. The maximum Gasteiger partial charge on any atom is 0.120 e. The average Bonchev–Trinajstić information content (AvgIpc) is 2.10. The molecule has 0 bridgehead atoms. The Morgan fingerprint density at radius 3 is 2.67 bits per heavy atom. The number of carbonyl (C=O) groups excluding carboxylic acids is 1. The number of unbranched alkanes of at least 4 members (excludes halogenated alkanes) is 1. The highest BCUT2D eigenvalue weighted by Gasteiger charge is 1.98. The molecule has 0 aromatic carbocycles. The summed E-state index contributed by atoms with van der Waals surface area (Å²) < 4.78 is 0. The van der Waals surface area contributed by atoms with E-state index in [0.29, 0.717) is 12.3 Å². The van der Waals surface area contributed by atoms with Gasteiger partial charge in [0.2, 0.25) is 0 Å². The molecule has 0 aliphatic carbocycles. The molecule has 0 amide bonds. The Kier molecular flexibility index (Phi) is 7.66. The van der Waals surface area contributed by atoms with E-state index < -0.39 is 0 Å². The van der Waals surface area contributed by atoms with E-state index in [2.05, 4.69) is 25.7 Å². The minimum atomic E-state index is 0.437. The van der Waals surface area contributed by atoms with Crippen molar-refractivity contribution in [1.82, 2.24) is 0 Å². The SMILES string of the molecule is C=CCC/C=C/C(CC)CC=O. The van der Waals surface area contributed by atoms with Gasteiger partial charge in [0.05, 0.1) is 0 Å². The molecule has 68 valence electrons. The zero-order valence-electron chi connectivity index (χ0n) is 7.83. The van der Waals surface area contributed by atoms with Crippen LogP contribution in [0, 0.1) is 5.92 Å².